The monoisotopic (exact) mass is 358 g/mol. The lowest BCUT2D eigenvalue weighted by atomic mass is 9.77. The van der Waals surface area contributed by atoms with Crippen LogP contribution in [0.1, 0.15) is 37.7 Å². The van der Waals surface area contributed by atoms with Crippen LogP contribution in [-0.4, -0.2) is 64.7 Å². The molecule has 0 bridgehead atoms. The minimum Gasteiger partial charge on any atom is -0.379 e. The van der Waals surface area contributed by atoms with Crippen LogP contribution in [0, 0.1) is 5.41 Å². The van der Waals surface area contributed by atoms with Crippen LogP contribution >= 0.6 is 0 Å². The van der Waals surface area contributed by atoms with Crippen LogP contribution in [0.25, 0.3) is 0 Å². The van der Waals surface area contributed by atoms with Crippen LogP contribution in [0.2, 0.25) is 0 Å². The van der Waals surface area contributed by atoms with Gasteiger partial charge in [0.25, 0.3) is 0 Å². The summed E-state index contributed by atoms with van der Waals surface area (Å²) in [5.74, 6) is 1.44. The molecule has 142 valence electrons. The number of rotatable bonds is 3. The van der Waals surface area contributed by atoms with E-state index in [2.05, 4.69) is 38.4 Å². The van der Waals surface area contributed by atoms with Crippen molar-refractivity contribution in [1.29, 1.82) is 0 Å². The third kappa shape index (κ3) is 3.58. The SMILES string of the molecule is CC1(C(=O)N2CCc3ncc(CN4CCOCC4)n3CC2)CC=CCC1. The molecule has 1 aromatic heterocycles. The average Bonchev–Trinajstić information content (AvgIpc) is 2.92. The van der Waals surface area contributed by atoms with Crippen molar-refractivity contribution in [2.24, 2.45) is 5.41 Å². The number of nitrogens with zero attached hydrogens (tertiary/aromatic N) is 4. The molecule has 26 heavy (non-hydrogen) atoms. The largest absolute Gasteiger partial charge is 0.379 e. The topological polar surface area (TPSA) is 50.6 Å². The fourth-order valence-corrected chi connectivity index (χ4v) is 4.35. The molecule has 1 saturated heterocycles. The van der Waals surface area contributed by atoms with Gasteiger partial charge in [0.1, 0.15) is 5.82 Å². The second-order valence-electron chi connectivity index (χ2n) is 8.02. The third-order valence-corrected chi connectivity index (χ3v) is 6.11. The van der Waals surface area contributed by atoms with Gasteiger partial charge in [-0.2, -0.15) is 0 Å². The third-order valence-electron chi connectivity index (χ3n) is 6.11. The standard InChI is InChI=1S/C20H30N4O2/c1-20(6-3-2-4-7-20)19(25)23-8-5-18-21-15-17(24(18)10-9-23)16-22-11-13-26-14-12-22/h2-3,15H,4-14,16H2,1H3. The van der Waals surface area contributed by atoms with E-state index in [4.69, 9.17) is 4.74 Å². The summed E-state index contributed by atoms with van der Waals surface area (Å²) in [6.45, 7) is 9.08. The van der Waals surface area contributed by atoms with Crippen molar-refractivity contribution in [3.63, 3.8) is 0 Å². The molecule has 0 spiro atoms. The number of allylic oxidation sites excluding steroid dienone is 2. The number of carbonyl (C=O) groups is 1. The number of hydrogen-bond acceptors (Lipinski definition) is 4. The fraction of sp³-hybridized carbons (Fsp3) is 0.700. The van der Waals surface area contributed by atoms with Crippen LogP contribution in [0.4, 0.5) is 0 Å². The highest BCUT2D eigenvalue weighted by Gasteiger charge is 2.37. The fourth-order valence-electron chi connectivity index (χ4n) is 4.35. The van der Waals surface area contributed by atoms with Gasteiger partial charge in [-0.3, -0.25) is 9.69 Å². The zero-order valence-electron chi connectivity index (χ0n) is 15.8. The van der Waals surface area contributed by atoms with Crippen molar-refractivity contribution in [3.8, 4) is 0 Å². The molecule has 4 rings (SSSR count). The van der Waals surface area contributed by atoms with Crippen molar-refractivity contribution in [3.05, 3.63) is 29.9 Å². The number of aromatic nitrogens is 2. The number of fused-ring (bicyclic) bond motifs is 1. The zero-order chi connectivity index (χ0) is 18.0. The van der Waals surface area contributed by atoms with E-state index in [1.165, 1.54) is 5.69 Å². The van der Waals surface area contributed by atoms with E-state index < -0.39 is 0 Å². The Kier molecular flexibility index (Phi) is 5.14. The van der Waals surface area contributed by atoms with Crippen molar-refractivity contribution in [1.82, 2.24) is 19.4 Å². The van der Waals surface area contributed by atoms with Crippen LogP contribution in [0.15, 0.2) is 18.3 Å². The molecule has 1 aliphatic carbocycles. The number of hydrogen-bond donors (Lipinski definition) is 0. The molecule has 0 N–H and O–H groups in total. The summed E-state index contributed by atoms with van der Waals surface area (Å²) in [5.41, 5.74) is 1.04. The summed E-state index contributed by atoms with van der Waals surface area (Å²) in [7, 11) is 0. The van der Waals surface area contributed by atoms with E-state index in [1.54, 1.807) is 0 Å². The van der Waals surface area contributed by atoms with Gasteiger partial charge in [0, 0.05) is 51.9 Å². The maximum Gasteiger partial charge on any atom is 0.228 e. The summed E-state index contributed by atoms with van der Waals surface area (Å²) < 4.78 is 7.79. The smallest absolute Gasteiger partial charge is 0.228 e. The van der Waals surface area contributed by atoms with E-state index in [0.717, 1.165) is 84.0 Å². The number of imidazole rings is 1. The predicted octanol–water partition coefficient (Wildman–Crippen LogP) is 1.85. The second kappa shape index (κ2) is 7.53. The zero-order valence-corrected chi connectivity index (χ0v) is 15.8. The molecule has 0 aromatic carbocycles. The van der Waals surface area contributed by atoms with Crippen LogP contribution in [0.5, 0.6) is 0 Å². The Hall–Kier alpha value is -1.66. The Balaban J connectivity index is 1.42. The van der Waals surface area contributed by atoms with Crippen molar-refractivity contribution in [2.75, 3.05) is 39.4 Å². The van der Waals surface area contributed by atoms with Crippen molar-refractivity contribution < 1.29 is 9.53 Å². The van der Waals surface area contributed by atoms with E-state index >= 15 is 0 Å². The molecule has 1 atom stereocenters. The van der Waals surface area contributed by atoms with E-state index in [1.807, 2.05) is 6.20 Å². The minimum atomic E-state index is -0.224. The molecule has 3 aliphatic rings. The molecule has 3 heterocycles. The molecule has 0 saturated carbocycles. The van der Waals surface area contributed by atoms with E-state index in [-0.39, 0.29) is 5.41 Å². The van der Waals surface area contributed by atoms with Crippen LogP contribution < -0.4 is 0 Å². The quantitative estimate of drug-likeness (QED) is 0.774. The van der Waals surface area contributed by atoms with Gasteiger partial charge in [-0.05, 0) is 19.3 Å². The van der Waals surface area contributed by atoms with Gasteiger partial charge < -0.3 is 14.2 Å². The maximum atomic E-state index is 13.1. The van der Waals surface area contributed by atoms with Crippen LogP contribution in [-0.2, 0) is 29.0 Å². The highest BCUT2D eigenvalue weighted by atomic mass is 16.5. The van der Waals surface area contributed by atoms with Gasteiger partial charge in [0.05, 0.1) is 24.3 Å². The first-order valence-corrected chi connectivity index (χ1v) is 9.93. The average molecular weight is 358 g/mol. The van der Waals surface area contributed by atoms with Gasteiger partial charge in [-0.1, -0.05) is 19.1 Å². The molecule has 6 heteroatoms. The number of morpholine rings is 1. The Labute approximate surface area is 155 Å². The van der Waals surface area contributed by atoms with Gasteiger partial charge in [0.15, 0.2) is 0 Å². The van der Waals surface area contributed by atoms with E-state index in [0.29, 0.717) is 5.91 Å². The molecule has 6 nitrogen and oxygen atoms in total. The molecule has 1 aromatic rings. The molecule has 1 amide bonds. The Morgan fingerprint density at radius 2 is 2.04 bits per heavy atom. The molecule has 1 fully saturated rings. The van der Waals surface area contributed by atoms with Gasteiger partial charge in [0.2, 0.25) is 5.91 Å². The molecule has 1 unspecified atom stereocenters. The predicted molar refractivity (Wildman–Crippen MR) is 99.7 cm³/mol. The normalized spacial score (nSPS) is 27.2. The lowest BCUT2D eigenvalue weighted by Gasteiger charge is -2.35. The van der Waals surface area contributed by atoms with Gasteiger partial charge in [-0.15, -0.1) is 0 Å². The molecule has 0 radical (unpaired) electrons. The number of carbonyl (C=O) groups excluding carboxylic acids is 1. The van der Waals surface area contributed by atoms with E-state index in [9.17, 15) is 4.79 Å². The molecule has 2 aliphatic heterocycles. The minimum absolute atomic E-state index is 0.224. The summed E-state index contributed by atoms with van der Waals surface area (Å²) in [5, 5.41) is 0. The summed E-state index contributed by atoms with van der Waals surface area (Å²) >= 11 is 0. The van der Waals surface area contributed by atoms with Gasteiger partial charge in [-0.25, -0.2) is 4.98 Å². The highest BCUT2D eigenvalue weighted by molar-refractivity contribution is 5.82. The summed E-state index contributed by atoms with van der Waals surface area (Å²) in [6.07, 6.45) is 10.1. The van der Waals surface area contributed by atoms with Crippen LogP contribution in [0.3, 0.4) is 0 Å². The van der Waals surface area contributed by atoms with Crippen molar-refractivity contribution >= 4 is 5.91 Å². The lowest BCUT2D eigenvalue weighted by molar-refractivity contribution is -0.141. The maximum absolute atomic E-state index is 13.1. The lowest BCUT2D eigenvalue weighted by Crippen LogP contribution is -2.44. The first kappa shape index (κ1) is 17.7. The summed E-state index contributed by atoms with van der Waals surface area (Å²) in [6, 6.07) is 0. The summed E-state index contributed by atoms with van der Waals surface area (Å²) in [4.78, 5) is 22.3. The first-order valence-electron chi connectivity index (χ1n) is 9.93. The molecular formula is C20H30N4O2. The highest BCUT2D eigenvalue weighted by Crippen LogP contribution is 2.34. The van der Waals surface area contributed by atoms with Crippen molar-refractivity contribution in [2.45, 2.75) is 45.7 Å². The first-order chi connectivity index (χ1) is 12.7. The Morgan fingerprint density at radius 3 is 2.81 bits per heavy atom. The molecular weight excluding hydrogens is 328 g/mol. The Bertz CT molecular complexity index is 677. The number of amides is 1. The second-order valence-corrected chi connectivity index (χ2v) is 8.02. The Morgan fingerprint density at radius 1 is 1.19 bits per heavy atom. The number of ether oxygens (including phenoxy) is 1. The van der Waals surface area contributed by atoms with Gasteiger partial charge >= 0.3 is 0 Å².